The van der Waals surface area contributed by atoms with Crippen molar-refractivity contribution < 1.29 is 4.79 Å². The summed E-state index contributed by atoms with van der Waals surface area (Å²) in [5, 5.41) is 13.2. The number of H-pyrrole nitrogens is 1. The standard InChI is InChI=1S/C9H12N6O/c1-5-7(4-15(3)14-5)11-9(16)8-10-6(2)12-13-8/h4H,1-3H3,(H,11,16)(H,10,12,13). The summed E-state index contributed by atoms with van der Waals surface area (Å²) in [5.41, 5.74) is 1.41. The highest BCUT2D eigenvalue weighted by Gasteiger charge is 2.13. The lowest BCUT2D eigenvalue weighted by Gasteiger charge is -1.98. The Morgan fingerprint density at radius 2 is 2.25 bits per heavy atom. The van der Waals surface area contributed by atoms with E-state index < -0.39 is 0 Å². The van der Waals surface area contributed by atoms with Crippen molar-refractivity contribution in [2.75, 3.05) is 5.32 Å². The fourth-order valence-corrected chi connectivity index (χ4v) is 1.34. The minimum Gasteiger partial charge on any atom is -0.316 e. The van der Waals surface area contributed by atoms with E-state index in [1.807, 2.05) is 6.92 Å². The zero-order valence-electron chi connectivity index (χ0n) is 9.27. The van der Waals surface area contributed by atoms with Gasteiger partial charge in [0.2, 0.25) is 5.82 Å². The van der Waals surface area contributed by atoms with E-state index in [4.69, 9.17) is 0 Å². The van der Waals surface area contributed by atoms with Crippen LogP contribution in [-0.2, 0) is 7.05 Å². The largest absolute Gasteiger partial charge is 0.316 e. The number of carbonyl (C=O) groups excluding carboxylic acids is 1. The van der Waals surface area contributed by atoms with Crippen molar-refractivity contribution in [1.29, 1.82) is 0 Å². The van der Waals surface area contributed by atoms with Crippen molar-refractivity contribution in [3.8, 4) is 0 Å². The van der Waals surface area contributed by atoms with Gasteiger partial charge in [-0.3, -0.25) is 14.6 Å². The van der Waals surface area contributed by atoms with Crippen LogP contribution >= 0.6 is 0 Å². The molecular weight excluding hydrogens is 208 g/mol. The van der Waals surface area contributed by atoms with Crippen molar-refractivity contribution in [3.05, 3.63) is 23.5 Å². The maximum absolute atomic E-state index is 11.7. The van der Waals surface area contributed by atoms with Gasteiger partial charge in [-0.25, -0.2) is 4.98 Å². The predicted octanol–water partition coefficient (Wildman–Crippen LogP) is 0.407. The molecule has 0 atom stereocenters. The van der Waals surface area contributed by atoms with Gasteiger partial charge in [-0.1, -0.05) is 0 Å². The molecule has 2 N–H and O–H groups in total. The lowest BCUT2D eigenvalue weighted by atomic mass is 10.4. The van der Waals surface area contributed by atoms with E-state index in [1.165, 1.54) is 0 Å². The normalized spacial score (nSPS) is 10.4. The number of nitrogens with one attached hydrogen (secondary N) is 2. The van der Waals surface area contributed by atoms with Gasteiger partial charge in [0.05, 0.1) is 11.4 Å². The lowest BCUT2D eigenvalue weighted by Crippen LogP contribution is -2.14. The molecular formula is C9H12N6O. The van der Waals surface area contributed by atoms with Crippen LogP contribution in [0.2, 0.25) is 0 Å². The number of aryl methyl sites for hydroxylation is 3. The molecule has 0 aliphatic heterocycles. The first-order valence-corrected chi connectivity index (χ1v) is 4.77. The molecule has 0 aliphatic rings. The van der Waals surface area contributed by atoms with E-state index in [1.54, 1.807) is 24.9 Å². The van der Waals surface area contributed by atoms with E-state index in [2.05, 4.69) is 25.6 Å². The number of carbonyl (C=O) groups is 1. The molecule has 0 spiro atoms. The Morgan fingerprint density at radius 1 is 1.50 bits per heavy atom. The van der Waals surface area contributed by atoms with E-state index >= 15 is 0 Å². The van der Waals surface area contributed by atoms with Crippen LogP contribution in [-0.4, -0.2) is 30.9 Å². The van der Waals surface area contributed by atoms with Crippen molar-refractivity contribution in [3.63, 3.8) is 0 Å². The Hall–Kier alpha value is -2.18. The van der Waals surface area contributed by atoms with Gasteiger partial charge in [-0.15, -0.1) is 5.10 Å². The number of rotatable bonds is 2. The molecule has 16 heavy (non-hydrogen) atoms. The van der Waals surface area contributed by atoms with Gasteiger partial charge in [0.25, 0.3) is 5.91 Å². The highest BCUT2D eigenvalue weighted by molar-refractivity contribution is 6.01. The summed E-state index contributed by atoms with van der Waals surface area (Å²) in [6.07, 6.45) is 1.73. The van der Waals surface area contributed by atoms with Gasteiger partial charge < -0.3 is 5.32 Å². The summed E-state index contributed by atoms with van der Waals surface area (Å²) in [4.78, 5) is 15.6. The number of aromatic amines is 1. The molecule has 2 heterocycles. The maximum Gasteiger partial charge on any atom is 0.295 e. The summed E-state index contributed by atoms with van der Waals surface area (Å²) < 4.78 is 1.63. The van der Waals surface area contributed by atoms with Crippen molar-refractivity contribution in [2.45, 2.75) is 13.8 Å². The van der Waals surface area contributed by atoms with Crippen molar-refractivity contribution >= 4 is 11.6 Å². The third-order valence-corrected chi connectivity index (χ3v) is 2.06. The average molecular weight is 220 g/mol. The van der Waals surface area contributed by atoms with Crippen LogP contribution in [0.25, 0.3) is 0 Å². The Bertz CT molecular complexity index is 526. The quantitative estimate of drug-likeness (QED) is 0.767. The number of nitrogens with zero attached hydrogens (tertiary/aromatic N) is 4. The van der Waals surface area contributed by atoms with E-state index in [-0.39, 0.29) is 11.7 Å². The fourth-order valence-electron chi connectivity index (χ4n) is 1.34. The first kappa shape index (κ1) is 10.3. The molecule has 0 fully saturated rings. The van der Waals surface area contributed by atoms with Gasteiger partial charge in [0, 0.05) is 13.2 Å². The summed E-state index contributed by atoms with van der Waals surface area (Å²) >= 11 is 0. The molecule has 0 aromatic carbocycles. The molecule has 1 amide bonds. The Labute approximate surface area is 91.9 Å². The van der Waals surface area contributed by atoms with E-state index in [9.17, 15) is 4.79 Å². The molecule has 0 saturated heterocycles. The topological polar surface area (TPSA) is 88.5 Å². The highest BCUT2D eigenvalue weighted by atomic mass is 16.2. The molecule has 2 aromatic heterocycles. The van der Waals surface area contributed by atoms with Crippen LogP contribution in [0, 0.1) is 13.8 Å². The molecule has 0 aliphatic carbocycles. The van der Waals surface area contributed by atoms with Crippen LogP contribution in [0.5, 0.6) is 0 Å². The molecule has 2 rings (SSSR count). The van der Waals surface area contributed by atoms with Crippen LogP contribution in [0.4, 0.5) is 5.69 Å². The molecule has 0 saturated carbocycles. The predicted molar refractivity (Wildman–Crippen MR) is 57.0 cm³/mol. The number of hydrogen-bond acceptors (Lipinski definition) is 4. The first-order chi connectivity index (χ1) is 7.56. The molecule has 7 nitrogen and oxygen atoms in total. The summed E-state index contributed by atoms with van der Waals surface area (Å²) in [6, 6.07) is 0. The third kappa shape index (κ3) is 1.92. The van der Waals surface area contributed by atoms with Crippen LogP contribution in [0.1, 0.15) is 22.1 Å². The SMILES string of the molecule is Cc1nc(C(=O)Nc2cn(C)nc2C)n[nH]1. The van der Waals surface area contributed by atoms with E-state index in [0.717, 1.165) is 5.69 Å². The second-order valence-electron chi connectivity index (χ2n) is 3.50. The Balaban J connectivity index is 2.16. The van der Waals surface area contributed by atoms with Gasteiger partial charge in [-0.2, -0.15) is 5.10 Å². The number of amides is 1. The summed E-state index contributed by atoms with van der Waals surface area (Å²) in [7, 11) is 1.79. The maximum atomic E-state index is 11.7. The minimum atomic E-state index is -0.347. The van der Waals surface area contributed by atoms with Gasteiger partial charge in [-0.05, 0) is 13.8 Å². The van der Waals surface area contributed by atoms with Gasteiger partial charge in [0.1, 0.15) is 5.82 Å². The molecule has 2 aromatic rings. The van der Waals surface area contributed by atoms with Crippen molar-refractivity contribution in [1.82, 2.24) is 25.0 Å². The summed E-state index contributed by atoms with van der Waals surface area (Å²) in [5.74, 6) is 0.384. The summed E-state index contributed by atoms with van der Waals surface area (Å²) in [6.45, 7) is 3.55. The van der Waals surface area contributed by atoms with Crippen LogP contribution < -0.4 is 5.32 Å². The molecule has 7 heteroatoms. The second kappa shape index (κ2) is 3.76. The minimum absolute atomic E-state index is 0.126. The second-order valence-corrected chi connectivity index (χ2v) is 3.50. The Morgan fingerprint density at radius 3 is 2.75 bits per heavy atom. The number of hydrogen-bond donors (Lipinski definition) is 2. The zero-order chi connectivity index (χ0) is 11.7. The first-order valence-electron chi connectivity index (χ1n) is 4.77. The number of anilines is 1. The average Bonchev–Trinajstić information content (AvgIpc) is 2.74. The van der Waals surface area contributed by atoms with Crippen LogP contribution in [0.3, 0.4) is 0 Å². The lowest BCUT2D eigenvalue weighted by molar-refractivity contribution is 0.101. The molecule has 0 radical (unpaired) electrons. The smallest absolute Gasteiger partial charge is 0.295 e. The van der Waals surface area contributed by atoms with Crippen molar-refractivity contribution in [2.24, 2.45) is 7.05 Å². The van der Waals surface area contributed by atoms with Crippen LogP contribution in [0.15, 0.2) is 6.20 Å². The van der Waals surface area contributed by atoms with Gasteiger partial charge >= 0.3 is 0 Å². The zero-order valence-corrected chi connectivity index (χ0v) is 9.27. The third-order valence-electron chi connectivity index (χ3n) is 2.06. The van der Waals surface area contributed by atoms with E-state index in [0.29, 0.717) is 11.5 Å². The Kier molecular flexibility index (Phi) is 2.43. The molecule has 0 bridgehead atoms. The van der Waals surface area contributed by atoms with Gasteiger partial charge in [0.15, 0.2) is 0 Å². The monoisotopic (exact) mass is 220 g/mol. The molecule has 0 unspecified atom stereocenters. The highest BCUT2D eigenvalue weighted by Crippen LogP contribution is 2.11. The fraction of sp³-hybridized carbons (Fsp3) is 0.333. The molecule has 84 valence electrons. The number of aromatic nitrogens is 5.